The number of alkyl halides is 1. The number of rotatable bonds is 3. The molecule has 2 rings (SSSR count). The van der Waals surface area contributed by atoms with Crippen LogP contribution >= 0.6 is 11.6 Å². The van der Waals surface area contributed by atoms with Crippen molar-refractivity contribution in [3.63, 3.8) is 0 Å². The summed E-state index contributed by atoms with van der Waals surface area (Å²) in [5, 5.41) is 1.30. The Labute approximate surface area is 89.1 Å². The van der Waals surface area contributed by atoms with E-state index in [9.17, 15) is 0 Å². The van der Waals surface area contributed by atoms with Crippen LogP contribution in [0.1, 0.15) is 17.7 Å². The van der Waals surface area contributed by atoms with Gasteiger partial charge in [-0.15, -0.1) is 11.6 Å². The van der Waals surface area contributed by atoms with Crippen LogP contribution in [0.4, 0.5) is 0 Å². The number of fused-ring (bicyclic) bond motifs is 1. The molecule has 0 atom stereocenters. The van der Waals surface area contributed by atoms with Crippen LogP contribution in [-0.4, -0.2) is 10.9 Å². The molecule has 0 fully saturated rings. The van der Waals surface area contributed by atoms with Gasteiger partial charge in [-0.05, 0) is 43.4 Å². The maximum Gasteiger partial charge on any atom is 0.0456 e. The van der Waals surface area contributed by atoms with Gasteiger partial charge in [0.05, 0.1) is 0 Å². The number of hydrogen-bond acceptors (Lipinski definition) is 0. The lowest BCUT2D eigenvalue weighted by Crippen LogP contribution is -1.84. The maximum absolute atomic E-state index is 5.66. The minimum absolute atomic E-state index is 0.731. The molecule has 74 valence electrons. The van der Waals surface area contributed by atoms with Crippen molar-refractivity contribution in [2.75, 3.05) is 5.88 Å². The van der Waals surface area contributed by atoms with E-state index < -0.39 is 0 Å². The monoisotopic (exact) mass is 207 g/mol. The summed E-state index contributed by atoms with van der Waals surface area (Å²) in [4.78, 5) is 3.40. The molecule has 1 aromatic carbocycles. The Kier molecular flexibility index (Phi) is 2.78. The number of aromatic nitrogens is 1. The van der Waals surface area contributed by atoms with E-state index in [1.165, 1.54) is 22.2 Å². The smallest absolute Gasteiger partial charge is 0.0456 e. The second-order valence-corrected chi connectivity index (χ2v) is 4.06. The van der Waals surface area contributed by atoms with E-state index in [1.54, 1.807) is 0 Å². The van der Waals surface area contributed by atoms with Gasteiger partial charge in [0.25, 0.3) is 0 Å². The minimum atomic E-state index is 0.731. The van der Waals surface area contributed by atoms with Gasteiger partial charge >= 0.3 is 0 Å². The third kappa shape index (κ3) is 1.93. The Morgan fingerprint density at radius 2 is 2.14 bits per heavy atom. The molecule has 1 N–H and O–H groups in total. The number of halogens is 1. The van der Waals surface area contributed by atoms with Crippen LogP contribution in [-0.2, 0) is 6.42 Å². The zero-order chi connectivity index (χ0) is 9.97. The average molecular weight is 208 g/mol. The molecule has 14 heavy (non-hydrogen) atoms. The highest BCUT2D eigenvalue weighted by Crippen LogP contribution is 2.17. The second kappa shape index (κ2) is 4.05. The molecule has 2 aromatic rings. The standard InChI is InChI=1S/C12H14ClN/c1-9-4-5-12-10(7-9)8-11(14-12)3-2-6-13/h4-5,7-8,14H,2-3,6H2,1H3. The summed E-state index contributed by atoms with van der Waals surface area (Å²) in [6, 6.07) is 8.68. The van der Waals surface area contributed by atoms with Gasteiger partial charge in [0, 0.05) is 17.1 Å². The summed E-state index contributed by atoms with van der Waals surface area (Å²) in [6.45, 7) is 2.12. The van der Waals surface area contributed by atoms with E-state index >= 15 is 0 Å². The molecule has 1 aromatic heterocycles. The molecular weight excluding hydrogens is 194 g/mol. The molecule has 0 aliphatic heterocycles. The lowest BCUT2D eigenvalue weighted by atomic mass is 10.2. The van der Waals surface area contributed by atoms with Crippen LogP contribution in [0.5, 0.6) is 0 Å². The van der Waals surface area contributed by atoms with Crippen molar-refractivity contribution in [1.82, 2.24) is 4.98 Å². The summed E-state index contributed by atoms with van der Waals surface area (Å²) in [5.74, 6) is 0.731. The number of benzene rings is 1. The first-order valence-electron chi connectivity index (χ1n) is 4.94. The maximum atomic E-state index is 5.66. The number of H-pyrrole nitrogens is 1. The Morgan fingerprint density at radius 3 is 2.93 bits per heavy atom. The predicted octanol–water partition coefficient (Wildman–Crippen LogP) is 3.65. The van der Waals surface area contributed by atoms with Gasteiger partial charge in [-0.1, -0.05) is 11.6 Å². The van der Waals surface area contributed by atoms with Crippen molar-refractivity contribution in [2.24, 2.45) is 0 Å². The topological polar surface area (TPSA) is 15.8 Å². The fourth-order valence-corrected chi connectivity index (χ4v) is 1.84. The summed E-state index contributed by atoms with van der Waals surface area (Å²) < 4.78 is 0. The summed E-state index contributed by atoms with van der Waals surface area (Å²) in [5.41, 5.74) is 3.81. The SMILES string of the molecule is Cc1ccc2[nH]c(CCCCl)cc2c1. The molecule has 0 amide bonds. The lowest BCUT2D eigenvalue weighted by Gasteiger charge is -1.92. The third-order valence-corrected chi connectivity index (χ3v) is 2.68. The fourth-order valence-electron chi connectivity index (χ4n) is 1.70. The summed E-state index contributed by atoms with van der Waals surface area (Å²) >= 11 is 5.66. The van der Waals surface area contributed by atoms with E-state index in [2.05, 4.69) is 36.2 Å². The van der Waals surface area contributed by atoms with Crippen molar-refractivity contribution in [3.05, 3.63) is 35.5 Å². The first kappa shape index (κ1) is 9.60. The van der Waals surface area contributed by atoms with E-state index in [1.807, 2.05) is 0 Å². The summed E-state index contributed by atoms with van der Waals surface area (Å²) in [6.07, 6.45) is 2.07. The number of aromatic amines is 1. The molecule has 1 heterocycles. The van der Waals surface area contributed by atoms with Gasteiger partial charge in [0.15, 0.2) is 0 Å². The average Bonchev–Trinajstić information content (AvgIpc) is 2.56. The third-order valence-electron chi connectivity index (χ3n) is 2.41. The highest BCUT2D eigenvalue weighted by Gasteiger charge is 2.00. The van der Waals surface area contributed by atoms with Gasteiger partial charge in [-0.3, -0.25) is 0 Å². The second-order valence-electron chi connectivity index (χ2n) is 3.68. The molecule has 0 spiro atoms. The Hall–Kier alpha value is -0.950. The van der Waals surface area contributed by atoms with Crippen molar-refractivity contribution >= 4 is 22.5 Å². The van der Waals surface area contributed by atoms with Gasteiger partial charge in [-0.25, -0.2) is 0 Å². The van der Waals surface area contributed by atoms with Crippen molar-refractivity contribution in [3.8, 4) is 0 Å². The van der Waals surface area contributed by atoms with E-state index in [0.717, 1.165) is 18.7 Å². The van der Waals surface area contributed by atoms with Crippen LogP contribution in [0.3, 0.4) is 0 Å². The molecule has 2 heteroatoms. The molecule has 0 radical (unpaired) electrons. The molecule has 0 aliphatic carbocycles. The normalized spacial score (nSPS) is 11.0. The number of hydrogen-bond donors (Lipinski definition) is 1. The Balaban J connectivity index is 2.32. The van der Waals surface area contributed by atoms with E-state index in [-0.39, 0.29) is 0 Å². The molecule has 0 unspecified atom stereocenters. The lowest BCUT2D eigenvalue weighted by molar-refractivity contribution is 0.902. The molecular formula is C12H14ClN. The van der Waals surface area contributed by atoms with Crippen LogP contribution in [0, 0.1) is 6.92 Å². The Bertz CT molecular complexity index is 431. The number of aryl methyl sites for hydroxylation is 2. The molecule has 1 nitrogen and oxygen atoms in total. The van der Waals surface area contributed by atoms with Crippen molar-refractivity contribution in [2.45, 2.75) is 19.8 Å². The van der Waals surface area contributed by atoms with Gasteiger partial charge in [0.2, 0.25) is 0 Å². The van der Waals surface area contributed by atoms with Crippen LogP contribution in [0.25, 0.3) is 10.9 Å². The van der Waals surface area contributed by atoms with Gasteiger partial charge in [-0.2, -0.15) is 0 Å². The fraction of sp³-hybridized carbons (Fsp3) is 0.333. The van der Waals surface area contributed by atoms with Crippen LogP contribution in [0.15, 0.2) is 24.3 Å². The molecule has 0 saturated carbocycles. The van der Waals surface area contributed by atoms with Crippen molar-refractivity contribution < 1.29 is 0 Å². The van der Waals surface area contributed by atoms with Gasteiger partial charge in [0.1, 0.15) is 0 Å². The molecule has 0 bridgehead atoms. The van der Waals surface area contributed by atoms with Gasteiger partial charge < -0.3 is 4.98 Å². The molecule has 0 saturated heterocycles. The minimum Gasteiger partial charge on any atom is -0.358 e. The largest absolute Gasteiger partial charge is 0.358 e. The first-order chi connectivity index (χ1) is 6.79. The van der Waals surface area contributed by atoms with Crippen LogP contribution in [0.2, 0.25) is 0 Å². The van der Waals surface area contributed by atoms with E-state index in [4.69, 9.17) is 11.6 Å². The number of nitrogens with one attached hydrogen (secondary N) is 1. The highest BCUT2D eigenvalue weighted by molar-refractivity contribution is 6.17. The summed E-state index contributed by atoms with van der Waals surface area (Å²) in [7, 11) is 0. The first-order valence-corrected chi connectivity index (χ1v) is 5.47. The predicted molar refractivity (Wildman–Crippen MR) is 62.1 cm³/mol. The zero-order valence-corrected chi connectivity index (χ0v) is 9.06. The van der Waals surface area contributed by atoms with E-state index in [0.29, 0.717) is 0 Å². The zero-order valence-electron chi connectivity index (χ0n) is 8.31. The highest BCUT2D eigenvalue weighted by atomic mass is 35.5. The quantitative estimate of drug-likeness (QED) is 0.740. The molecule has 0 aliphatic rings. The Morgan fingerprint density at radius 1 is 1.29 bits per heavy atom. The van der Waals surface area contributed by atoms with Crippen LogP contribution < -0.4 is 0 Å². The van der Waals surface area contributed by atoms with Crippen molar-refractivity contribution in [1.29, 1.82) is 0 Å².